The summed E-state index contributed by atoms with van der Waals surface area (Å²) in [6, 6.07) is 0. The Morgan fingerprint density at radius 2 is 0.252 bits per heavy atom. The van der Waals surface area contributed by atoms with Crippen molar-refractivity contribution in [3.63, 3.8) is 0 Å². The van der Waals surface area contributed by atoms with Crippen molar-refractivity contribution in [3.8, 4) is 0 Å². The fourth-order valence-corrected chi connectivity index (χ4v) is 37.4. The van der Waals surface area contributed by atoms with E-state index in [1.54, 1.807) is 411 Å². The van der Waals surface area contributed by atoms with Crippen LogP contribution in [0.3, 0.4) is 0 Å². The molecule has 0 aromatic rings. The lowest BCUT2D eigenvalue weighted by Gasteiger charge is -2.49. The number of rotatable bonds is 0. The van der Waals surface area contributed by atoms with Gasteiger partial charge >= 0.3 is 0 Å². The summed E-state index contributed by atoms with van der Waals surface area (Å²) in [5.41, 5.74) is 0. The van der Waals surface area contributed by atoms with Crippen LogP contribution >= 0.6 is 0 Å². The molecule has 42 aliphatic rings. The van der Waals surface area contributed by atoms with Crippen molar-refractivity contribution in [2.45, 2.75) is 584 Å². The second kappa shape index (κ2) is 56.6. The fourth-order valence-electron chi connectivity index (χ4n) is 37.4. The zero-order chi connectivity index (χ0) is 91.0. The Morgan fingerprint density at radius 3 is 0.415 bits per heavy atom. The minimum absolute atomic E-state index is 0.792. The van der Waals surface area contributed by atoms with Crippen molar-refractivity contribution in [2.75, 3.05) is 0 Å². The molecule has 42 rings (SSSR count). The van der Waals surface area contributed by atoms with Gasteiger partial charge in [0.2, 0.25) is 0 Å². The van der Waals surface area contributed by atoms with Crippen LogP contribution in [-0.4, -0.2) is 0 Å². The van der Waals surface area contributed by atoms with Gasteiger partial charge in [-0.3, -0.25) is 0 Å². The first-order chi connectivity index (χ1) is 66.6. The van der Waals surface area contributed by atoms with Crippen molar-refractivity contribution in [2.24, 2.45) is 201 Å². The Kier molecular flexibility index (Phi) is 43.4. The Balaban J connectivity index is 0.0000000963. The molecule has 0 spiro atoms. The van der Waals surface area contributed by atoms with Crippen molar-refractivity contribution >= 4 is 0 Å². The zero-order valence-electron chi connectivity index (χ0n) is 89.8. The molecule has 42 aliphatic carbocycles. The Morgan fingerprint density at radius 1 is 0.0889 bits per heavy atom. The van der Waals surface area contributed by atoms with Crippen LogP contribution in [0.25, 0.3) is 0 Å². The monoisotopic (exact) mass is 1850 g/mol. The molecule has 0 radical (unpaired) electrons. The van der Waals surface area contributed by atoms with Gasteiger partial charge in [-0.1, -0.05) is 491 Å². The van der Waals surface area contributed by atoms with Gasteiger partial charge in [0.05, 0.1) is 0 Å². The third-order valence-corrected chi connectivity index (χ3v) is 46.3. The van der Waals surface area contributed by atoms with Gasteiger partial charge in [-0.25, -0.2) is 0 Å². The predicted octanol–water partition coefficient (Wildman–Crippen LogP) is 42.5. The highest BCUT2D eigenvalue weighted by molar-refractivity contribution is 5.17. The highest BCUT2D eigenvalue weighted by Crippen LogP contribution is 2.56. The lowest BCUT2D eigenvalue weighted by atomic mass is 9.56. The molecule has 34 saturated carbocycles. The molecular weight excluding hydrogens is 1620 g/mol. The summed E-state index contributed by atoms with van der Waals surface area (Å²) in [5, 5.41) is 0. The average Bonchev–Trinajstić information content (AvgIpc) is 1.73. The maximum atomic E-state index is 2.38. The van der Waals surface area contributed by atoms with E-state index in [2.05, 4.69) is 60.8 Å². The Labute approximate surface area is 840 Å². The lowest BCUT2D eigenvalue weighted by Crippen LogP contribution is -2.38. The van der Waals surface area contributed by atoms with Crippen molar-refractivity contribution in [1.82, 2.24) is 0 Å². The quantitative estimate of drug-likeness (QED) is 0.212. The van der Waals surface area contributed by atoms with E-state index in [9.17, 15) is 0 Å². The molecule has 0 heterocycles. The van der Waals surface area contributed by atoms with Gasteiger partial charge in [-0.15, -0.1) is 0 Å². The predicted molar refractivity (Wildman–Crippen MR) is 585 cm³/mol. The highest BCUT2D eigenvalue weighted by Gasteiger charge is 2.43. The summed E-state index contributed by atoms with van der Waals surface area (Å²) in [6.45, 7) is 0. The van der Waals surface area contributed by atoms with E-state index < -0.39 is 0 Å². The van der Waals surface area contributed by atoms with E-state index in [1.807, 2.05) is 0 Å². The minimum Gasteiger partial charge on any atom is -0.0880 e. The smallest absolute Gasteiger partial charge is 0.00527 e. The molecule has 135 heavy (non-hydrogen) atoms. The second-order valence-corrected chi connectivity index (χ2v) is 56.8. The average molecular weight is 1850 g/mol. The highest BCUT2D eigenvalue weighted by atomic mass is 14.5. The standard InChI is InChI=1S/C12H22.C11H20.C10H16.2C10H18.2C9H16.C8H14.C8H10.C8H14.C7H12.C7H10.C7H12.C7H10.C6H10.C6H8/c1-2-6-12-9-3-7-11(5-1)8-4-10-12;1-2-5-11-7-3-6-10(4-1)8-9-11;1-7-2-9-4-8(1)5-10(3-7)6-9;1-3-9-5-2-6-10(4-1)8-7-9;1-2-4-10-7-5-9(3-1)6-8-10;1-3-8-5-2-6-9(4-1)7-8;1-2-4-9-6-5-8(3-1)7-9;2*1-2-8-5-3-7(1)4-6-8;1-2-7-4-5-8(3-1)6-7;2*1-2-7-4-3-6(1)5-7;2*1-2-6-4-7(3-1)5-6;2*1-2-6-3-5(1)4-6/h11-12H,1-10H2;10-11H,1-9H2;7-10H,1-6H2;2*9-10H,1-8H2;2*8-9H,1-7H2;7-8H,1-6H2;1-3,5,7-8H,4,6H2;7-8H,1-6H2;6-7H,1-5H2;1-2,6-7H,3-5H2;6-7H,1-5H2;1-2,6-7H,3-5H2;5-6H,1-4H2;1-2,5-6H,3-4H2. The van der Waals surface area contributed by atoms with Crippen LogP contribution in [0.1, 0.15) is 584 Å². The molecule has 34 fully saturated rings. The van der Waals surface area contributed by atoms with Gasteiger partial charge in [-0.05, 0) is 355 Å². The Bertz CT molecular complexity index is 2990. The molecule has 0 amide bonds. The maximum Gasteiger partial charge on any atom is -0.00527 e. The van der Waals surface area contributed by atoms with Crippen LogP contribution < -0.4 is 0 Å². The molecular formula is C135H226. The third kappa shape index (κ3) is 35.5. The molecule has 0 saturated heterocycles. The molecule has 8 unspecified atom stereocenters. The molecule has 0 aliphatic heterocycles. The number of hydrogen-bond acceptors (Lipinski definition) is 0. The SMILES string of the molecule is C1=CC2C=CC1CC2.C1=CC2CC(C1)C2.C1=CC2CC1C2.C1=CC2CCC1C2.C1C2CC3CC1CC(C2)C3.C1CC2CC(C1)C2.C1CC2CC1C2.C1CC2CCC(C1)C2.C1CC2CCC1C2.C1CC2CCC1CC2.C1CC2CCCC(C1)C2.C1CC2CCCC(C1)CC2.C1CCC2CCC(C1)C2.C1CCC2CCC(C1)CC2.C1CCC2CCCC(C1)CC2.C1CCC2CCCC(C1)CCC2. The van der Waals surface area contributed by atoms with Crippen LogP contribution in [-0.2, 0) is 0 Å². The first-order valence-electron chi connectivity index (χ1n) is 65.0. The summed E-state index contributed by atoms with van der Waals surface area (Å²) in [6.07, 6.45) is 164. The number of hydrogen-bond donors (Lipinski definition) is 0. The van der Waals surface area contributed by atoms with Gasteiger partial charge in [0.15, 0.2) is 0 Å². The first-order valence-corrected chi connectivity index (χ1v) is 65.0. The van der Waals surface area contributed by atoms with E-state index in [1.165, 1.54) is 233 Å². The van der Waals surface area contributed by atoms with E-state index in [-0.39, 0.29) is 0 Å². The summed E-state index contributed by atoms with van der Waals surface area (Å²) < 4.78 is 0. The summed E-state index contributed by atoms with van der Waals surface area (Å²) in [5.74, 6) is 37.7. The van der Waals surface area contributed by atoms with Crippen LogP contribution in [0, 0.1) is 201 Å². The molecule has 0 heteroatoms. The maximum absolute atomic E-state index is 2.38. The zero-order valence-corrected chi connectivity index (χ0v) is 89.8. The van der Waals surface area contributed by atoms with Gasteiger partial charge in [0, 0.05) is 0 Å². The summed E-state index contributed by atoms with van der Waals surface area (Å²) in [7, 11) is 0. The topological polar surface area (TPSA) is 0 Å². The largest absolute Gasteiger partial charge is 0.0880 e. The molecule has 0 aromatic carbocycles. The van der Waals surface area contributed by atoms with E-state index in [4.69, 9.17) is 0 Å². The first kappa shape index (κ1) is 104. The molecule has 0 nitrogen and oxygen atoms in total. The van der Waals surface area contributed by atoms with Gasteiger partial charge in [0.25, 0.3) is 0 Å². The van der Waals surface area contributed by atoms with Crippen molar-refractivity contribution < 1.29 is 0 Å². The number of fused-ring (bicyclic) bond motifs is 36. The van der Waals surface area contributed by atoms with Crippen LogP contribution in [0.5, 0.6) is 0 Å². The van der Waals surface area contributed by atoms with Crippen LogP contribution in [0.4, 0.5) is 0 Å². The molecule has 0 N–H and O–H groups in total. The van der Waals surface area contributed by atoms with E-state index >= 15 is 0 Å². The van der Waals surface area contributed by atoms with Crippen LogP contribution in [0.15, 0.2) is 60.8 Å². The number of allylic oxidation sites excluding steroid dienone is 10. The third-order valence-electron chi connectivity index (χ3n) is 46.3. The van der Waals surface area contributed by atoms with Crippen LogP contribution in [0.2, 0.25) is 0 Å². The Hall–Kier alpha value is -1.30. The van der Waals surface area contributed by atoms with Gasteiger partial charge in [-0.2, -0.15) is 0 Å². The minimum atomic E-state index is 0.792. The molecule has 8 atom stereocenters. The summed E-state index contributed by atoms with van der Waals surface area (Å²) >= 11 is 0. The lowest BCUT2D eigenvalue weighted by molar-refractivity contribution is 0.0198. The molecule has 766 valence electrons. The van der Waals surface area contributed by atoms with Gasteiger partial charge in [0.1, 0.15) is 0 Å². The van der Waals surface area contributed by atoms with E-state index in [0.29, 0.717) is 0 Å². The van der Waals surface area contributed by atoms with E-state index in [0.717, 1.165) is 142 Å². The van der Waals surface area contributed by atoms with Crippen molar-refractivity contribution in [3.05, 3.63) is 60.8 Å². The second-order valence-electron chi connectivity index (χ2n) is 56.8. The summed E-state index contributed by atoms with van der Waals surface area (Å²) in [4.78, 5) is 0. The van der Waals surface area contributed by atoms with Crippen molar-refractivity contribution in [1.29, 1.82) is 0 Å². The molecule has 0 aromatic heterocycles. The fraction of sp³-hybridized carbons (Fsp3) is 0.926. The normalized spacial score (nSPS) is 44.6. The van der Waals surface area contributed by atoms with Gasteiger partial charge < -0.3 is 0 Å². The molecule has 34 bridgehead atoms.